The third-order valence-electron chi connectivity index (χ3n) is 15.6. The molecule has 0 saturated carbocycles. The Labute approximate surface area is 536 Å². The van der Waals surface area contributed by atoms with Gasteiger partial charge in [-0.05, 0) is 65.7 Å². The number of esters is 3. The Kier molecular flexibility index (Phi) is 22.1. The van der Waals surface area contributed by atoms with E-state index in [2.05, 4.69) is 0 Å². The molecular formula is C60H62O36. The number of carbonyl (C=O) groups is 5. The molecule has 3 aromatic carbocycles. The topological polar surface area (TPSA) is 592 Å². The van der Waals surface area contributed by atoms with Crippen LogP contribution in [0.5, 0.6) is 40.2 Å². The molecule has 3 aromatic rings. The van der Waals surface area contributed by atoms with E-state index in [9.17, 15) is 126 Å². The Morgan fingerprint density at radius 3 is 1.72 bits per heavy atom. The third-order valence-corrected chi connectivity index (χ3v) is 15.6. The molecule has 1 aliphatic carbocycles. The van der Waals surface area contributed by atoms with Gasteiger partial charge >= 0.3 is 29.8 Å². The molecule has 6 aliphatic rings. The quantitative estimate of drug-likeness (QED) is 0.00638. The van der Waals surface area contributed by atoms with E-state index in [1.54, 1.807) is 0 Å². The van der Waals surface area contributed by atoms with Gasteiger partial charge in [0.15, 0.2) is 58.2 Å². The Balaban J connectivity index is 1.13. The molecular weight excluding hydrogens is 1300 g/mol. The Morgan fingerprint density at radius 1 is 0.510 bits per heavy atom. The molecule has 5 heterocycles. The van der Waals surface area contributed by atoms with Gasteiger partial charge in [-0.15, -0.1) is 0 Å². The predicted molar refractivity (Wildman–Crippen MR) is 306 cm³/mol. The smallest absolute Gasteiger partial charge is 0.335 e. The maximum Gasteiger partial charge on any atom is 0.335 e. The van der Waals surface area contributed by atoms with Crippen LogP contribution in [0.4, 0.5) is 0 Å². The first-order chi connectivity index (χ1) is 45.4. The summed E-state index contributed by atoms with van der Waals surface area (Å²) in [6.07, 6.45) is -40.4. The lowest BCUT2D eigenvalue weighted by molar-refractivity contribution is -0.460. The van der Waals surface area contributed by atoms with Crippen LogP contribution in [0.3, 0.4) is 0 Å². The number of rotatable bonds is 21. The van der Waals surface area contributed by atoms with Gasteiger partial charge < -0.3 is 139 Å². The fourth-order valence-electron chi connectivity index (χ4n) is 10.5. The van der Waals surface area contributed by atoms with Gasteiger partial charge in [-0.1, -0.05) is 12.1 Å². The molecule has 9 rings (SSSR count). The summed E-state index contributed by atoms with van der Waals surface area (Å²) in [6, 6.07) is 11.1. The number of aliphatic carboxylic acids is 2. The predicted octanol–water partition coefficient (Wildman–Crippen LogP) is -3.74. The van der Waals surface area contributed by atoms with Gasteiger partial charge in [-0.25, -0.2) is 19.3 Å². The average Bonchev–Trinajstić information content (AvgIpc) is 0.748. The zero-order valence-electron chi connectivity index (χ0n) is 49.0. The summed E-state index contributed by atoms with van der Waals surface area (Å²) >= 11 is 0. The van der Waals surface area contributed by atoms with Crippen molar-refractivity contribution in [2.24, 2.45) is 0 Å². The molecule has 0 spiro atoms. The van der Waals surface area contributed by atoms with Crippen LogP contribution in [0.1, 0.15) is 40.9 Å². The van der Waals surface area contributed by atoms with Gasteiger partial charge in [-0.2, -0.15) is 4.89 Å². The fourth-order valence-corrected chi connectivity index (χ4v) is 10.5. The molecule has 36 heteroatoms. The van der Waals surface area contributed by atoms with Crippen molar-refractivity contribution in [1.29, 1.82) is 0 Å². The van der Waals surface area contributed by atoms with Crippen molar-refractivity contribution < 1.29 is 173 Å². The minimum Gasteiger partial charge on any atom is -0.504 e. The molecule has 0 radical (unpaired) electrons. The van der Waals surface area contributed by atoms with Crippen molar-refractivity contribution >= 4 is 42.0 Å². The number of aliphatic hydroxyl groups is 11. The van der Waals surface area contributed by atoms with E-state index >= 15 is 0 Å². The van der Waals surface area contributed by atoms with Gasteiger partial charge in [0.1, 0.15) is 128 Å². The van der Waals surface area contributed by atoms with Crippen LogP contribution in [0.15, 0.2) is 88.1 Å². The highest BCUT2D eigenvalue weighted by Gasteiger charge is 2.53. The van der Waals surface area contributed by atoms with E-state index in [0.29, 0.717) is 0 Å². The summed E-state index contributed by atoms with van der Waals surface area (Å²) in [5.74, 6) is -13.6. The molecule has 0 unspecified atom stereocenters. The zero-order valence-corrected chi connectivity index (χ0v) is 49.0. The number of phenols is 6. The van der Waals surface area contributed by atoms with Gasteiger partial charge in [0.2, 0.25) is 12.6 Å². The van der Waals surface area contributed by atoms with Gasteiger partial charge in [-0.3, -0.25) is 14.4 Å². The molecule has 0 aromatic heterocycles. The second-order valence-electron chi connectivity index (χ2n) is 22.1. The summed E-state index contributed by atoms with van der Waals surface area (Å²) in [5, 5.41) is 202. The summed E-state index contributed by atoms with van der Waals surface area (Å²) in [6.45, 7) is -2.98. The molecule has 36 nitrogen and oxygen atoms in total. The van der Waals surface area contributed by atoms with Crippen molar-refractivity contribution in [3.63, 3.8) is 0 Å². The fraction of sp³-hybridized carbons (Fsp3) is 0.400. The SMILES string of the molecule is O=C(O)CC(=O)OC[C@H]1O[C@@H](c2cc3c(=O)cc(O[C@@H]4O[C@H](COC(=O)C=Cc5ccc(O)c(O)c5)[C@@H](O)[C@H](O)[C@H]4O)cc-3oc2-c2cc(O)c(O)c([C@@H]3O[C@H](C(=O)O)[C@@H](O)[C@H](O)[C@H]3O)c2)[C@H](OO[C@@H]2O[C@H](CO)[C@@H](O)[C@H](O)[C@H]2OC(=O)C=Cc2ccc(O)c(O)c2)[C@@H](O)[C@H]1O. The number of carboxylic acid groups (broad SMARTS) is 2. The molecule has 5 aliphatic heterocycles. The molecule has 20 atom stereocenters. The lowest BCUT2D eigenvalue weighted by Crippen LogP contribution is -2.61. The number of ether oxygens (including phenoxy) is 8. The number of hydrogen-bond donors (Lipinski definition) is 19. The van der Waals surface area contributed by atoms with Gasteiger partial charge in [0.25, 0.3) is 0 Å². The summed E-state index contributed by atoms with van der Waals surface area (Å²) in [4.78, 5) is 88.0. The molecule has 4 saturated heterocycles. The van der Waals surface area contributed by atoms with E-state index < -0.39 is 258 Å². The second kappa shape index (κ2) is 29.9. The molecule has 0 amide bonds. The highest BCUT2D eigenvalue weighted by atomic mass is 17.2. The number of hydrogen-bond acceptors (Lipinski definition) is 34. The van der Waals surface area contributed by atoms with Crippen molar-refractivity contribution in [2.75, 3.05) is 19.8 Å². The van der Waals surface area contributed by atoms with E-state index in [4.69, 9.17) is 52.1 Å². The van der Waals surface area contributed by atoms with Crippen LogP contribution in [0.2, 0.25) is 0 Å². The second-order valence-corrected chi connectivity index (χ2v) is 22.1. The third kappa shape index (κ3) is 15.5. The summed E-state index contributed by atoms with van der Waals surface area (Å²) in [7, 11) is 0. The van der Waals surface area contributed by atoms with Crippen LogP contribution < -0.4 is 10.2 Å². The maximum absolute atomic E-state index is 14.5. The lowest BCUT2D eigenvalue weighted by atomic mass is 9.87. The number of carboxylic acids is 2. The number of phenolic OH excluding ortho intramolecular Hbond substituents is 6. The Hall–Kier alpha value is -9.16. The summed E-state index contributed by atoms with van der Waals surface area (Å²) in [5.41, 5.74) is -3.19. The Morgan fingerprint density at radius 2 is 1.09 bits per heavy atom. The first kappa shape index (κ1) is 71.1. The van der Waals surface area contributed by atoms with E-state index in [1.807, 2.05) is 0 Å². The van der Waals surface area contributed by atoms with E-state index in [-0.39, 0.29) is 11.1 Å². The molecule has 96 heavy (non-hydrogen) atoms. The van der Waals surface area contributed by atoms with E-state index in [0.717, 1.165) is 72.8 Å². The minimum atomic E-state index is -2.44. The first-order valence-electron chi connectivity index (χ1n) is 28.5. The molecule has 518 valence electrons. The van der Waals surface area contributed by atoms with Crippen molar-refractivity contribution in [1.82, 2.24) is 0 Å². The number of benzene rings is 4. The highest BCUT2D eigenvalue weighted by Crippen LogP contribution is 2.48. The van der Waals surface area contributed by atoms with Crippen LogP contribution in [0.25, 0.3) is 34.8 Å². The van der Waals surface area contributed by atoms with Crippen LogP contribution in [-0.2, 0) is 66.9 Å². The molecule has 0 bridgehead atoms. The van der Waals surface area contributed by atoms with Gasteiger partial charge in [0.05, 0.1) is 12.2 Å². The number of carbonyl (C=O) groups excluding carboxylic acids is 3. The molecule has 4 fully saturated rings. The number of fused-ring (bicyclic) bond motifs is 1. The van der Waals surface area contributed by atoms with Crippen molar-refractivity contribution in [2.45, 2.75) is 129 Å². The highest BCUT2D eigenvalue weighted by molar-refractivity contribution is 5.90. The molecule has 19 N–H and O–H groups in total. The maximum atomic E-state index is 14.5. The first-order valence-corrected chi connectivity index (χ1v) is 28.5. The summed E-state index contributed by atoms with van der Waals surface area (Å²) < 4.78 is 50.8. The van der Waals surface area contributed by atoms with Crippen molar-refractivity contribution in [3.05, 3.63) is 111 Å². The van der Waals surface area contributed by atoms with Gasteiger partial charge in [0, 0.05) is 41.0 Å². The normalized spacial score (nSPS) is 30.8. The standard InChI is InChI=1S/C60H62O36/c61-17-34-42(74)48(80)57(93-39(71)8-4-21-2-6-28(63)31(66)10-21)60(91-34)96-95-55-47(79)44(76)35(18-87-40(72)16-37(68)69)90-54(55)26-15-24-29(64)13-23(88-59-51(83)45(77)43(75)36(92-59)19-86-38(70)7-3-20-1-5-27(62)30(65)9-20)14-33(24)89-52(26)22-11-25(41(73)32(67)12-22)53-49(81)46(78)50(82)56(94-53)58(84)85/h1-15,34-36,42-51,53-57,59-63,65-67,73-83H,16-19H2,(H,68,69)(H,84,85)/t34-,35-,36-,42-,43-,44+,45+,46-,47+,48+,49-,50+,51-,53+,54+,55-,56+,57-,59-,60+/m1/s1. The average molecular weight is 1360 g/mol. The van der Waals surface area contributed by atoms with Crippen LogP contribution >= 0.6 is 0 Å². The lowest BCUT2D eigenvalue weighted by Gasteiger charge is -2.44. The van der Waals surface area contributed by atoms with Crippen LogP contribution in [0, 0.1) is 0 Å². The van der Waals surface area contributed by atoms with Crippen LogP contribution in [-0.4, -0.2) is 257 Å². The number of aromatic hydroxyl groups is 6. The zero-order chi connectivity index (χ0) is 69.9. The minimum absolute atomic E-state index is 0.123. The van der Waals surface area contributed by atoms with E-state index in [1.165, 1.54) is 18.2 Å². The largest absolute Gasteiger partial charge is 0.504 e. The monoisotopic (exact) mass is 1360 g/mol. The number of aliphatic hydroxyl groups excluding tert-OH is 11. The Bertz CT molecular complexity index is 3750. The van der Waals surface area contributed by atoms with Crippen molar-refractivity contribution in [3.8, 4) is 62.9 Å².